The fourth-order valence-corrected chi connectivity index (χ4v) is 2.95. The summed E-state index contributed by atoms with van der Waals surface area (Å²) < 4.78 is 0. The molecule has 0 radical (unpaired) electrons. The zero-order valence-corrected chi connectivity index (χ0v) is 13.2. The van der Waals surface area contributed by atoms with Crippen molar-refractivity contribution in [3.63, 3.8) is 0 Å². The summed E-state index contributed by atoms with van der Waals surface area (Å²) in [4.78, 5) is 2.45. The van der Waals surface area contributed by atoms with Gasteiger partial charge in [-0.05, 0) is 25.6 Å². The van der Waals surface area contributed by atoms with Crippen molar-refractivity contribution in [2.75, 3.05) is 25.0 Å². The van der Waals surface area contributed by atoms with E-state index in [4.69, 9.17) is 0 Å². The van der Waals surface area contributed by atoms with Crippen LogP contribution in [0.5, 0.6) is 0 Å². The molecule has 1 N–H and O–H groups in total. The molecule has 2 aromatic rings. The number of aromatic nitrogens is 2. The molecule has 1 unspecified atom stereocenters. The predicted molar refractivity (Wildman–Crippen MR) is 85.2 cm³/mol. The minimum atomic E-state index is 0.357. The van der Waals surface area contributed by atoms with E-state index in [9.17, 15) is 0 Å². The summed E-state index contributed by atoms with van der Waals surface area (Å²) >= 11 is 1.60. The molecule has 1 heterocycles. The lowest BCUT2D eigenvalue weighted by atomic mass is 10.1. The monoisotopic (exact) mass is 290 g/mol. The predicted octanol–water partition coefficient (Wildman–Crippen LogP) is 3.34. The van der Waals surface area contributed by atoms with Crippen LogP contribution < -0.4 is 5.32 Å². The van der Waals surface area contributed by atoms with Crippen molar-refractivity contribution in [1.29, 1.82) is 0 Å². The van der Waals surface area contributed by atoms with Gasteiger partial charge in [-0.25, -0.2) is 0 Å². The molecule has 5 heteroatoms. The van der Waals surface area contributed by atoms with Crippen molar-refractivity contribution in [3.8, 4) is 0 Å². The number of rotatable bonds is 7. The van der Waals surface area contributed by atoms with Gasteiger partial charge in [0.25, 0.3) is 0 Å². The molecule has 0 spiro atoms. The largest absolute Gasteiger partial charge is 0.358 e. The maximum absolute atomic E-state index is 4.13. The number of nitrogens with one attached hydrogen (secondary N) is 1. The van der Waals surface area contributed by atoms with Gasteiger partial charge >= 0.3 is 0 Å². The first-order valence-electron chi connectivity index (χ1n) is 7.07. The Morgan fingerprint density at radius 2 is 1.85 bits per heavy atom. The lowest BCUT2D eigenvalue weighted by Crippen LogP contribution is -2.33. The molecule has 0 bridgehead atoms. The third kappa shape index (κ3) is 3.77. The normalized spacial score (nSPS) is 12.6. The van der Waals surface area contributed by atoms with E-state index in [0.717, 1.165) is 29.8 Å². The van der Waals surface area contributed by atoms with Crippen LogP contribution >= 0.6 is 11.3 Å². The first kappa shape index (κ1) is 14.9. The Kier molecular flexibility index (Phi) is 5.49. The molecule has 0 saturated carbocycles. The summed E-state index contributed by atoms with van der Waals surface area (Å²) in [5.41, 5.74) is 1.34. The van der Waals surface area contributed by atoms with E-state index in [0.29, 0.717) is 6.04 Å². The summed E-state index contributed by atoms with van der Waals surface area (Å²) in [6.45, 7) is 9.30. The zero-order valence-electron chi connectivity index (χ0n) is 12.3. The maximum Gasteiger partial charge on any atom is 0.205 e. The molecular formula is C15H22N4S. The number of nitrogens with zero attached hydrogens (tertiary/aromatic N) is 3. The highest BCUT2D eigenvalue weighted by Gasteiger charge is 2.18. The number of benzene rings is 1. The van der Waals surface area contributed by atoms with Crippen LogP contribution in [0.25, 0.3) is 0 Å². The molecule has 4 nitrogen and oxygen atoms in total. The summed E-state index contributed by atoms with van der Waals surface area (Å²) in [6, 6.07) is 11.0. The highest BCUT2D eigenvalue weighted by Crippen LogP contribution is 2.22. The minimum absolute atomic E-state index is 0.357. The van der Waals surface area contributed by atoms with Gasteiger partial charge in [0, 0.05) is 6.54 Å². The Hall–Kier alpha value is -1.46. The number of likely N-dealkylation sites (N-methyl/N-ethyl adjacent to an activating group) is 1. The summed E-state index contributed by atoms with van der Waals surface area (Å²) in [5.74, 6) is 0. The second-order valence-corrected chi connectivity index (χ2v) is 5.84. The van der Waals surface area contributed by atoms with Crippen LogP contribution in [-0.4, -0.2) is 34.7 Å². The molecule has 1 atom stereocenters. The zero-order chi connectivity index (χ0) is 14.4. The number of hydrogen-bond donors (Lipinski definition) is 1. The van der Waals surface area contributed by atoms with Crippen molar-refractivity contribution in [2.45, 2.75) is 26.8 Å². The lowest BCUT2D eigenvalue weighted by Gasteiger charge is -2.30. The quantitative estimate of drug-likeness (QED) is 0.849. The van der Waals surface area contributed by atoms with Crippen LogP contribution in [0.15, 0.2) is 30.3 Å². The first-order chi connectivity index (χ1) is 9.74. The van der Waals surface area contributed by atoms with Gasteiger partial charge in [0.05, 0.1) is 6.04 Å². The molecule has 0 aliphatic carbocycles. The second kappa shape index (κ2) is 7.36. The number of anilines is 1. The highest BCUT2D eigenvalue weighted by atomic mass is 32.1. The van der Waals surface area contributed by atoms with Crippen LogP contribution in [0.2, 0.25) is 0 Å². The van der Waals surface area contributed by atoms with E-state index in [-0.39, 0.29) is 0 Å². The fraction of sp³-hybridized carbons (Fsp3) is 0.467. The number of hydrogen-bond acceptors (Lipinski definition) is 5. The SMILES string of the molecule is CCN(CC)C(CNc1nnc(C)s1)c1ccccc1. The first-order valence-corrected chi connectivity index (χ1v) is 7.89. The van der Waals surface area contributed by atoms with Gasteiger partial charge in [-0.3, -0.25) is 4.90 Å². The van der Waals surface area contributed by atoms with Crippen LogP contribution in [0.4, 0.5) is 5.13 Å². The van der Waals surface area contributed by atoms with E-state index in [1.165, 1.54) is 5.56 Å². The van der Waals surface area contributed by atoms with Gasteiger partial charge in [0.2, 0.25) is 5.13 Å². The average molecular weight is 290 g/mol. The minimum Gasteiger partial charge on any atom is -0.358 e. The fourth-order valence-electron chi connectivity index (χ4n) is 2.35. The smallest absolute Gasteiger partial charge is 0.205 e. The molecule has 20 heavy (non-hydrogen) atoms. The average Bonchev–Trinajstić information content (AvgIpc) is 2.90. The third-order valence-electron chi connectivity index (χ3n) is 3.41. The molecule has 0 aliphatic heterocycles. The van der Waals surface area contributed by atoms with E-state index in [2.05, 4.69) is 64.6 Å². The van der Waals surface area contributed by atoms with Gasteiger partial charge < -0.3 is 5.32 Å². The molecule has 1 aromatic heterocycles. The standard InChI is InChI=1S/C15H22N4S/c1-4-19(5-2)14(13-9-7-6-8-10-13)11-16-15-18-17-12(3)20-15/h6-10,14H,4-5,11H2,1-3H3,(H,16,18). The Morgan fingerprint density at radius 1 is 1.15 bits per heavy atom. The van der Waals surface area contributed by atoms with Gasteiger partial charge in [0.15, 0.2) is 0 Å². The highest BCUT2D eigenvalue weighted by molar-refractivity contribution is 7.15. The van der Waals surface area contributed by atoms with Gasteiger partial charge in [0.1, 0.15) is 5.01 Å². The number of aryl methyl sites for hydroxylation is 1. The van der Waals surface area contributed by atoms with Crippen LogP contribution in [0, 0.1) is 6.92 Å². The summed E-state index contributed by atoms with van der Waals surface area (Å²) in [6.07, 6.45) is 0. The van der Waals surface area contributed by atoms with Gasteiger partial charge in [-0.15, -0.1) is 10.2 Å². The second-order valence-electron chi connectivity index (χ2n) is 4.65. The van der Waals surface area contributed by atoms with E-state index in [1.807, 2.05) is 6.92 Å². The summed E-state index contributed by atoms with van der Waals surface area (Å²) in [5, 5.41) is 13.5. The van der Waals surface area contributed by atoms with Crippen molar-refractivity contribution in [3.05, 3.63) is 40.9 Å². The third-order valence-corrected chi connectivity index (χ3v) is 4.21. The summed E-state index contributed by atoms with van der Waals surface area (Å²) in [7, 11) is 0. The van der Waals surface area contributed by atoms with Crippen LogP contribution in [0.3, 0.4) is 0 Å². The van der Waals surface area contributed by atoms with E-state index < -0.39 is 0 Å². The molecule has 0 fully saturated rings. The Bertz CT molecular complexity index is 508. The molecule has 108 valence electrons. The van der Waals surface area contributed by atoms with Crippen LogP contribution in [0.1, 0.15) is 30.5 Å². The van der Waals surface area contributed by atoms with Crippen molar-refractivity contribution < 1.29 is 0 Å². The van der Waals surface area contributed by atoms with E-state index >= 15 is 0 Å². The Labute approximate surface area is 124 Å². The maximum atomic E-state index is 4.13. The molecular weight excluding hydrogens is 268 g/mol. The molecule has 0 aliphatic rings. The van der Waals surface area contributed by atoms with Crippen molar-refractivity contribution in [1.82, 2.24) is 15.1 Å². The van der Waals surface area contributed by atoms with Gasteiger partial charge in [-0.2, -0.15) is 0 Å². The Balaban J connectivity index is 2.10. The molecule has 2 rings (SSSR count). The van der Waals surface area contributed by atoms with Crippen molar-refractivity contribution >= 4 is 16.5 Å². The molecule has 0 amide bonds. The molecule has 0 saturated heterocycles. The Morgan fingerprint density at radius 3 is 2.40 bits per heavy atom. The lowest BCUT2D eigenvalue weighted by molar-refractivity contribution is 0.228. The molecule has 1 aromatic carbocycles. The topological polar surface area (TPSA) is 41.0 Å². The van der Waals surface area contributed by atoms with E-state index in [1.54, 1.807) is 11.3 Å². The van der Waals surface area contributed by atoms with Gasteiger partial charge in [-0.1, -0.05) is 55.5 Å². The van der Waals surface area contributed by atoms with Crippen molar-refractivity contribution in [2.24, 2.45) is 0 Å². The van der Waals surface area contributed by atoms with Crippen LogP contribution in [-0.2, 0) is 0 Å².